The first-order valence-electron chi connectivity index (χ1n) is 6.72. The van der Waals surface area contributed by atoms with E-state index in [1.54, 1.807) is 12.1 Å². The summed E-state index contributed by atoms with van der Waals surface area (Å²) in [5.74, 6) is 0.275. The lowest BCUT2D eigenvalue weighted by atomic mass is 10.1. The van der Waals surface area contributed by atoms with Crippen molar-refractivity contribution in [3.63, 3.8) is 0 Å². The van der Waals surface area contributed by atoms with Crippen LogP contribution in [0.1, 0.15) is 19.4 Å². The Hall–Kier alpha value is -1.15. The lowest BCUT2D eigenvalue weighted by molar-refractivity contribution is -0.0640. The number of ether oxygens (including phenoxy) is 2. The molecule has 6 nitrogen and oxygen atoms in total. The molecule has 0 atom stereocenters. The normalized spacial score (nSPS) is 19.4. The van der Waals surface area contributed by atoms with Crippen LogP contribution in [-0.4, -0.2) is 50.2 Å². The molecule has 1 N–H and O–H groups in total. The molecule has 0 saturated carbocycles. The minimum absolute atomic E-state index is 0.0780. The lowest BCUT2D eigenvalue weighted by Gasteiger charge is -2.37. The average Bonchev–Trinajstić information content (AvgIpc) is 2.45. The lowest BCUT2D eigenvalue weighted by Crippen LogP contribution is -2.50. The molecule has 1 aliphatic rings. The molecule has 0 radical (unpaired) electrons. The van der Waals surface area contributed by atoms with Gasteiger partial charge in [0, 0.05) is 13.1 Å². The summed E-state index contributed by atoms with van der Waals surface area (Å²) >= 11 is 0. The van der Waals surface area contributed by atoms with Gasteiger partial charge in [-0.25, -0.2) is 8.42 Å². The van der Waals surface area contributed by atoms with E-state index in [1.807, 2.05) is 13.8 Å². The van der Waals surface area contributed by atoms with Crippen LogP contribution < -0.4 is 4.74 Å². The number of methoxy groups -OCH3 is 1. The molecule has 0 amide bonds. The van der Waals surface area contributed by atoms with Crippen molar-refractivity contribution in [3.05, 3.63) is 23.8 Å². The van der Waals surface area contributed by atoms with Gasteiger partial charge in [0.25, 0.3) is 0 Å². The van der Waals surface area contributed by atoms with E-state index in [4.69, 9.17) is 9.47 Å². The molecular formula is C14H21NO5S. The highest BCUT2D eigenvalue weighted by Gasteiger charge is 2.36. The molecule has 7 heteroatoms. The second-order valence-corrected chi connectivity index (χ2v) is 7.50. The third-order valence-electron chi connectivity index (χ3n) is 3.42. The first-order valence-corrected chi connectivity index (χ1v) is 8.16. The molecule has 1 aromatic rings. The smallest absolute Gasteiger partial charge is 0.246 e. The van der Waals surface area contributed by atoms with Crippen LogP contribution in [0.4, 0.5) is 0 Å². The SMILES string of the molecule is COc1ccc(CO)cc1S(=O)(=O)N1CCOC(C)(C)C1. The summed E-state index contributed by atoms with van der Waals surface area (Å²) in [5, 5.41) is 9.22. The van der Waals surface area contributed by atoms with Crippen LogP contribution in [0.2, 0.25) is 0 Å². The van der Waals surface area contributed by atoms with Gasteiger partial charge in [-0.15, -0.1) is 0 Å². The predicted octanol–water partition coefficient (Wildman–Crippen LogP) is 0.987. The maximum absolute atomic E-state index is 12.8. The number of benzene rings is 1. The first-order chi connectivity index (χ1) is 9.80. The Morgan fingerprint density at radius 3 is 2.71 bits per heavy atom. The van der Waals surface area contributed by atoms with Gasteiger partial charge in [0.05, 0.1) is 25.9 Å². The molecule has 118 valence electrons. The molecule has 0 bridgehead atoms. The molecule has 1 heterocycles. The number of aliphatic hydroxyl groups is 1. The molecule has 21 heavy (non-hydrogen) atoms. The van der Waals surface area contributed by atoms with Gasteiger partial charge in [0.15, 0.2) is 0 Å². The highest BCUT2D eigenvalue weighted by atomic mass is 32.2. The molecule has 1 fully saturated rings. The summed E-state index contributed by atoms with van der Waals surface area (Å²) < 4.78 is 37.8. The molecule has 0 aromatic heterocycles. The fraction of sp³-hybridized carbons (Fsp3) is 0.571. The second kappa shape index (κ2) is 5.92. The van der Waals surface area contributed by atoms with Crippen LogP contribution in [0.3, 0.4) is 0 Å². The van der Waals surface area contributed by atoms with Crippen LogP contribution in [0.25, 0.3) is 0 Å². The summed E-state index contributed by atoms with van der Waals surface area (Å²) in [7, 11) is -2.26. The minimum Gasteiger partial charge on any atom is -0.495 e. The van der Waals surface area contributed by atoms with Crippen molar-refractivity contribution in [2.24, 2.45) is 0 Å². The molecule has 1 aromatic carbocycles. The number of morpholine rings is 1. The zero-order chi connectivity index (χ0) is 15.7. The van der Waals surface area contributed by atoms with Crippen molar-refractivity contribution < 1.29 is 23.0 Å². The highest BCUT2D eigenvalue weighted by molar-refractivity contribution is 7.89. The van der Waals surface area contributed by atoms with Gasteiger partial charge in [-0.1, -0.05) is 6.07 Å². The van der Waals surface area contributed by atoms with Crippen molar-refractivity contribution in [2.45, 2.75) is 31.0 Å². The fourth-order valence-corrected chi connectivity index (χ4v) is 4.12. The minimum atomic E-state index is -3.69. The molecule has 1 aliphatic heterocycles. The number of hydrogen-bond acceptors (Lipinski definition) is 5. The quantitative estimate of drug-likeness (QED) is 0.896. The van der Waals surface area contributed by atoms with E-state index in [-0.39, 0.29) is 23.8 Å². The van der Waals surface area contributed by atoms with Crippen molar-refractivity contribution >= 4 is 10.0 Å². The van der Waals surface area contributed by atoms with Crippen LogP contribution in [-0.2, 0) is 21.4 Å². The summed E-state index contributed by atoms with van der Waals surface area (Å²) in [4.78, 5) is 0.0780. The molecular weight excluding hydrogens is 294 g/mol. The van der Waals surface area contributed by atoms with Crippen LogP contribution in [0.15, 0.2) is 23.1 Å². The van der Waals surface area contributed by atoms with Gasteiger partial charge in [-0.05, 0) is 31.5 Å². The Morgan fingerprint density at radius 1 is 1.43 bits per heavy atom. The van der Waals surface area contributed by atoms with Gasteiger partial charge in [0.2, 0.25) is 10.0 Å². The third-order valence-corrected chi connectivity index (χ3v) is 5.29. The standard InChI is InChI=1S/C14H21NO5S/c1-14(2)10-15(6-7-20-14)21(17,18)13-8-11(9-16)4-5-12(13)19-3/h4-5,8,16H,6-7,9-10H2,1-3H3. The van der Waals surface area contributed by atoms with E-state index < -0.39 is 15.6 Å². The van der Waals surface area contributed by atoms with Crippen molar-refractivity contribution in [1.29, 1.82) is 0 Å². The monoisotopic (exact) mass is 315 g/mol. The first kappa shape index (κ1) is 16.2. The Morgan fingerprint density at radius 2 is 2.14 bits per heavy atom. The van der Waals surface area contributed by atoms with Crippen LogP contribution in [0.5, 0.6) is 5.75 Å². The van der Waals surface area contributed by atoms with Crippen molar-refractivity contribution in [1.82, 2.24) is 4.31 Å². The average molecular weight is 315 g/mol. The van der Waals surface area contributed by atoms with E-state index in [9.17, 15) is 13.5 Å². The van der Waals surface area contributed by atoms with Crippen LogP contribution in [0, 0.1) is 0 Å². The molecule has 2 rings (SSSR count). The zero-order valence-electron chi connectivity index (χ0n) is 12.5. The van der Waals surface area contributed by atoms with Crippen molar-refractivity contribution in [2.75, 3.05) is 26.8 Å². The zero-order valence-corrected chi connectivity index (χ0v) is 13.3. The van der Waals surface area contributed by atoms with E-state index in [0.717, 1.165) is 0 Å². The molecule has 0 unspecified atom stereocenters. The summed E-state index contributed by atoms with van der Waals surface area (Å²) in [5.41, 5.74) is 0.00884. The van der Waals surface area contributed by atoms with E-state index in [0.29, 0.717) is 18.7 Å². The second-order valence-electron chi connectivity index (χ2n) is 5.59. The highest BCUT2D eigenvalue weighted by Crippen LogP contribution is 2.30. The maximum Gasteiger partial charge on any atom is 0.246 e. The Kier molecular flexibility index (Phi) is 4.57. The van der Waals surface area contributed by atoms with Gasteiger partial charge in [-0.2, -0.15) is 4.31 Å². The van der Waals surface area contributed by atoms with Gasteiger partial charge in [-0.3, -0.25) is 0 Å². The summed E-state index contributed by atoms with van der Waals surface area (Å²) in [6.07, 6.45) is 0. The largest absolute Gasteiger partial charge is 0.495 e. The summed E-state index contributed by atoms with van der Waals surface area (Å²) in [6.45, 7) is 4.43. The molecule has 0 aliphatic carbocycles. The van der Waals surface area contributed by atoms with E-state index in [2.05, 4.69) is 0 Å². The fourth-order valence-electron chi connectivity index (χ4n) is 2.34. The molecule has 1 saturated heterocycles. The number of sulfonamides is 1. The summed E-state index contributed by atoms with van der Waals surface area (Å²) in [6, 6.07) is 4.65. The van der Waals surface area contributed by atoms with E-state index in [1.165, 1.54) is 17.5 Å². The third kappa shape index (κ3) is 3.37. The van der Waals surface area contributed by atoms with Gasteiger partial charge in [0.1, 0.15) is 10.6 Å². The predicted molar refractivity (Wildman–Crippen MR) is 77.7 cm³/mol. The van der Waals surface area contributed by atoms with E-state index >= 15 is 0 Å². The number of hydrogen-bond donors (Lipinski definition) is 1. The Balaban J connectivity index is 2.43. The number of nitrogens with zero attached hydrogens (tertiary/aromatic N) is 1. The Labute approximate surface area is 125 Å². The van der Waals surface area contributed by atoms with Crippen molar-refractivity contribution in [3.8, 4) is 5.75 Å². The maximum atomic E-state index is 12.8. The van der Waals surface area contributed by atoms with Gasteiger partial charge < -0.3 is 14.6 Å². The number of aliphatic hydroxyl groups excluding tert-OH is 1. The number of rotatable bonds is 4. The topological polar surface area (TPSA) is 76.1 Å². The Bertz CT molecular complexity index is 612. The van der Waals surface area contributed by atoms with Crippen LogP contribution >= 0.6 is 0 Å². The van der Waals surface area contributed by atoms with Gasteiger partial charge >= 0.3 is 0 Å². The molecule has 0 spiro atoms.